The lowest BCUT2D eigenvalue weighted by atomic mass is 9.67. The molecular weight excluding hydrogens is 368 g/mol. The monoisotopic (exact) mass is 404 g/mol. The summed E-state index contributed by atoms with van der Waals surface area (Å²) in [5.41, 5.74) is -1.33. The third-order valence-electron chi connectivity index (χ3n) is 6.05. The van der Waals surface area contributed by atoms with Gasteiger partial charge in [0, 0.05) is 0 Å². The molecule has 0 saturated carbocycles. The second kappa shape index (κ2) is 11.2. The van der Waals surface area contributed by atoms with E-state index < -0.39 is 28.9 Å². The van der Waals surface area contributed by atoms with Crippen LogP contribution in [0.25, 0.3) is 0 Å². The van der Waals surface area contributed by atoms with Gasteiger partial charge in [0.1, 0.15) is 0 Å². The van der Waals surface area contributed by atoms with Crippen molar-refractivity contribution in [3.8, 4) is 0 Å². The minimum atomic E-state index is -1.79. The number of hydrogen-bond donors (Lipinski definition) is 1. The Labute approximate surface area is 167 Å². The van der Waals surface area contributed by atoms with Gasteiger partial charge in [-0.25, -0.2) is 17.6 Å². The van der Waals surface area contributed by atoms with Crippen molar-refractivity contribution in [2.45, 2.75) is 91.6 Å². The minimum absolute atomic E-state index is 0.0260. The van der Waals surface area contributed by atoms with E-state index in [1.54, 1.807) is 0 Å². The number of unbranched alkanes of at least 4 members (excludes halogenated alkanes) is 5. The van der Waals surface area contributed by atoms with Crippen LogP contribution in [0.4, 0.5) is 17.6 Å². The van der Waals surface area contributed by atoms with E-state index in [1.807, 2.05) is 27.7 Å². The molecule has 1 unspecified atom stereocenters. The van der Waals surface area contributed by atoms with E-state index in [0.29, 0.717) is 6.42 Å². The lowest BCUT2D eigenvalue weighted by molar-refractivity contribution is -0.0991. The summed E-state index contributed by atoms with van der Waals surface area (Å²) < 4.78 is 54.9. The number of benzene rings is 1. The van der Waals surface area contributed by atoms with Crippen molar-refractivity contribution in [3.63, 3.8) is 0 Å². The zero-order chi connectivity index (χ0) is 21.5. The first-order valence-electron chi connectivity index (χ1n) is 10.6. The van der Waals surface area contributed by atoms with Crippen molar-refractivity contribution in [2.24, 2.45) is 17.8 Å². The Balaban J connectivity index is 3.07. The summed E-state index contributed by atoms with van der Waals surface area (Å²) in [6.45, 7) is 9.75. The molecule has 1 atom stereocenters. The molecule has 5 heteroatoms. The minimum Gasteiger partial charge on any atom is -0.389 e. The molecule has 0 amide bonds. The van der Waals surface area contributed by atoms with Gasteiger partial charge in [0.2, 0.25) is 0 Å². The Morgan fingerprint density at radius 2 is 1.36 bits per heavy atom. The predicted octanol–water partition coefficient (Wildman–Crippen LogP) is 7.20. The van der Waals surface area contributed by atoms with E-state index in [0.717, 1.165) is 38.2 Å². The van der Waals surface area contributed by atoms with Crippen LogP contribution in [0.5, 0.6) is 0 Å². The van der Waals surface area contributed by atoms with Crippen molar-refractivity contribution in [2.75, 3.05) is 0 Å². The van der Waals surface area contributed by atoms with E-state index in [-0.39, 0.29) is 29.7 Å². The summed E-state index contributed by atoms with van der Waals surface area (Å²) >= 11 is 0. The van der Waals surface area contributed by atoms with Gasteiger partial charge in [0.25, 0.3) is 0 Å². The highest BCUT2D eigenvalue weighted by atomic mass is 19.2. The van der Waals surface area contributed by atoms with Crippen molar-refractivity contribution in [3.05, 3.63) is 34.9 Å². The van der Waals surface area contributed by atoms with Crippen LogP contribution in [-0.2, 0) is 6.42 Å². The summed E-state index contributed by atoms with van der Waals surface area (Å²) in [4.78, 5) is 0. The third kappa shape index (κ3) is 5.95. The highest BCUT2D eigenvalue weighted by Crippen LogP contribution is 2.39. The van der Waals surface area contributed by atoms with Gasteiger partial charge in [-0.3, -0.25) is 0 Å². The van der Waals surface area contributed by atoms with Crippen LogP contribution >= 0.6 is 0 Å². The molecule has 0 aliphatic carbocycles. The molecule has 0 bridgehead atoms. The molecule has 0 fully saturated rings. The topological polar surface area (TPSA) is 20.2 Å². The molecule has 0 aliphatic heterocycles. The lowest BCUT2D eigenvalue weighted by Gasteiger charge is -2.43. The highest BCUT2D eigenvalue weighted by Gasteiger charge is 2.42. The number of hydrogen-bond acceptors (Lipinski definition) is 1. The van der Waals surface area contributed by atoms with Gasteiger partial charge < -0.3 is 5.11 Å². The fourth-order valence-corrected chi connectivity index (χ4v) is 4.31. The smallest absolute Gasteiger partial charge is 0.197 e. The molecular formula is C23H36F4O. The van der Waals surface area contributed by atoms with E-state index in [1.165, 1.54) is 6.42 Å². The van der Waals surface area contributed by atoms with E-state index in [4.69, 9.17) is 0 Å². The average Bonchev–Trinajstić information content (AvgIpc) is 2.64. The maximum atomic E-state index is 14.3. The van der Waals surface area contributed by atoms with Crippen LogP contribution in [0.3, 0.4) is 0 Å². The molecule has 0 spiro atoms. The van der Waals surface area contributed by atoms with Crippen LogP contribution in [-0.4, -0.2) is 10.7 Å². The molecule has 28 heavy (non-hydrogen) atoms. The average molecular weight is 405 g/mol. The Kier molecular flexibility index (Phi) is 9.96. The highest BCUT2D eigenvalue weighted by molar-refractivity contribution is 5.23. The van der Waals surface area contributed by atoms with Crippen LogP contribution in [0.2, 0.25) is 0 Å². The Morgan fingerprint density at radius 3 is 1.89 bits per heavy atom. The van der Waals surface area contributed by atoms with E-state index in [9.17, 15) is 22.7 Å². The maximum Gasteiger partial charge on any atom is 0.197 e. The first kappa shape index (κ1) is 24.9. The molecule has 1 nitrogen and oxygen atoms in total. The van der Waals surface area contributed by atoms with Crippen LogP contribution < -0.4 is 0 Å². The molecule has 0 aliphatic rings. The Bertz CT molecular complexity index is 605. The zero-order valence-electron chi connectivity index (χ0n) is 17.9. The second-order valence-electron chi connectivity index (χ2n) is 8.61. The predicted molar refractivity (Wildman–Crippen MR) is 106 cm³/mol. The summed E-state index contributed by atoms with van der Waals surface area (Å²) in [5.74, 6) is -6.95. The SMILES string of the molecule is CCCCCCCCC(Cc1cc(F)c(F)c(F)c1F)C(O)(C(C)C)C(C)C. The largest absolute Gasteiger partial charge is 0.389 e. The normalized spacial score (nSPS) is 13.6. The second-order valence-corrected chi connectivity index (χ2v) is 8.61. The van der Waals surface area contributed by atoms with Crippen LogP contribution in [0.1, 0.15) is 85.1 Å². The molecule has 0 heterocycles. The quantitative estimate of drug-likeness (QED) is 0.169. The fraction of sp³-hybridized carbons (Fsp3) is 0.739. The number of rotatable bonds is 12. The number of aliphatic hydroxyl groups is 1. The van der Waals surface area contributed by atoms with Gasteiger partial charge in [-0.05, 0) is 42.2 Å². The Morgan fingerprint density at radius 1 is 0.821 bits per heavy atom. The van der Waals surface area contributed by atoms with Gasteiger partial charge in [-0.1, -0.05) is 73.1 Å². The molecule has 0 aromatic heterocycles. The molecule has 1 aromatic rings. The standard InChI is InChI=1S/C23H36F4O/c1-6-7-8-9-10-11-12-18(23(28,15(2)3)16(4)5)13-17-14-19(24)21(26)22(27)20(17)25/h14-16,18,28H,6-13H2,1-5H3. The van der Waals surface area contributed by atoms with Gasteiger partial charge in [-0.15, -0.1) is 0 Å². The van der Waals surface area contributed by atoms with Gasteiger partial charge in [-0.2, -0.15) is 0 Å². The maximum absolute atomic E-state index is 14.3. The van der Waals surface area contributed by atoms with Gasteiger partial charge in [0.05, 0.1) is 5.60 Å². The van der Waals surface area contributed by atoms with Gasteiger partial charge >= 0.3 is 0 Å². The van der Waals surface area contributed by atoms with Gasteiger partial charge in [0.15, 0.2) is 23.3 Å². The Hall–Kier alpha value is -1.10. The van der Waals surface area contributed by atoms with E-state index >= 15 is 0 Å². The molecule has 1 aromatic carbocycles. The van der Waals surface area contributed by atoms with Crippen molar-refractivity contribution >= 4 is 0 Å². The molecule has 162 valence electrons. The molecule has 1 rings (SSSR count). The summed E-state index contributed by atoms with van der Waals surface area (Å²) in [7, 11) is 0. The third-order valence-corrected chi connectivity index (χ3v) is 6.05. The summed E-state index contributed by atoms with van der Waals surface area (Å²) in [6, 6.07) is 0.725. The first-order chi connectivity index (χ1) is 13.1. The molecule has 0 radical (unpaired) electrons. The van der Waals surface area contributed by atoms with Crippen LogP contribution in [0.15, 0.2) is 6.07 Å². The van der Waals surface area contributed by atoms with Crippen molar-refractivity contribution < 1.29 is 22.7 Å². The molecule has 1 N–H and O–H groups in total. The molecule has 0 saturated heterocycles. The fourth-order valence-electron chi connectivity index (χ4n) is 4.31. The van der Waals surface area contributed by atoms with Crippen LogP contribution in [0, 0.1) is 41.0 Å². The zero-order valence-corrected chi connectivity index (χ0v) is 17.9. The van der Waals surface area contributed by atoms with Crippen molar-refractivity contribution in [1.82, 2.24) is 0 Å². The lowest BCUT2D eigenvalue weighted by Crippen LogP contribution is -2.48. The first-order valence-corrected chi connectivity index (χ1v) is 10.6. The van der Waals surface area contributed by atoms with E-state index in [2.05, 4.69) is 6.92 Å². The number of halogens is 4. The summed E-state index contributed by atoms with van der Waals surface area (Å²) in [5, 5.41) is 11.4. The van der Waals surface area contributed by atoms with Crippen molar-refractivity contribution in [1.29, 1.82) is 0 Å². The summed E-state index contributed by atoms with van der Waals surface area (Å²) in [6.07, 6.45) is 7.04.